The van der Waals surface area contributed by atoms with Crippen molar-refractivity contribution in [3.63, 3.8) is 0 Å². The fraction of sp³-hybridized carbons (Fsp3) is 0.560. The molecule has 4 atom stereocenters. The third-order valence-electron chi connectivity index (χ3n) is 6.11. The van der Waals surface area contributed by atoms with Crippen LogP contribution in [0.15, 0.2) is 30.3 Å². The summed E-state index contributed by atoms with van der Waals surface area (Å²) in [6.45, 7) is 2.25. The molecule has 1 aromatic carbocycles. The number of alkyl halides is 1. The molecule has 0 radical (unpaired) electrons. The third-order valence-corrected chi connectivity index (χ3v) is 6.11. The SMILES string of the molecule is CC(C)[C@H](NC(=O)OCc1ccccc1)C(=O)N1C[C@H](O)C[C@H]1C(=O)N[C@@H](CCCNC(=N)N)C(=O)CF. The van der Waals surface area contributed by atoms with E-state index in [1.54, 1.807) is 38.1 Å². The molecule has 0 unspecified atom stereocenters. The van der Waals surface area contributed by atoms with Crippen LogP contribution in [-0.4, -0.2) is 83.7 Å². The van der Waals surface area contributed by atoms with Crippen molar-refractivity contribution in [1.29, 1.82) is 5.41 Å². The van der Waals surface area contributed by atoms with Gasteiger partial charge in [0.2, 0.25) is 11.8 Å². The minimum Gasteiger partial charge on any atom is -0.445 e. The summed E-state index contributed by atoms with van der Waals surface area (Å²) in [5.41, 5.74) is 5.98. The van der Waals surface area contributed by atoms with Crippen LogP contribution in [0.5, 0.6) is 0 Å². The second kappa shape index (κ2) is 14.9. The minimum atomic E-state index is -1.29. The Morgan fingerprint density at radius 3 is 2.50 bits per heavy atom. The number of nitrogens with one attached hydrogen (secondary N) is 4. The number of nitrogens with zero attached hydrogens (tertiary/aromatic N) is 1. The number of carbonyl (C=O) groups is 4. The number of amides is 3. The van der Waals surface area contributed by atoms with Gasteiger partial charge in [-0.2, -0.15) is 0 Å². The number of carbonyl (C=O) groups excluding carboxylic acids is 4. The molecule has 0 saturated carbocycles. The molecule has 1 aliphatic rings. The van der Waals surface area contributed by atoms with Crippen LogP contribution in [0, 0.1) is 11.3 Å². The van der Waals surface area contributed by atoms with E-state index in [4.69, 9.17) is 15.9 Å². The Bertz CT molecular complexity index is 978. The van der Waals surface area contributed by atoms with Gasteiger partial charge in [-0.05, 0) is 24.3 Å². The summed E-state index contributed by atoms with van der Waals surface area (Å²) in [5.74, 6) is -2.76. The number of β-amino-alcohol motifs (C(OH)–C–C–N with tert-alkyl or cyclic N) is 1. The molecule has 210 valence electrons. The van der Waals surface area contributed by atoms with E-state index >= 15 is 0 Å². The molecule has 7 N–H and O–H groups in total. The van der Waals surface area contributed by atoms with Crippen LogP contribution < -0.4 is 21.7 Å². The van der Waals surface area contributed by atoms with E-state index in [1.165, 1.54) is 0 Å². The lowest BCUT2D eigenvalue weighted by Crippen LogP contribution is -2.56. The Morgan fingerprint density at radius 2 is 1.89 bits per heavy atom. The first-order chi connectivity index (χ1) is 18.0. The number of Topliss-reactive ketones (excluding diaryl/α,β-unsaturated/α-hetero) is 1. The van der Waals surface area contributed by atoms with E-state index < -0.39 is 54.6 Å². The van der Waals surface area contributed by atoms with Crippen molar-refractivity contribution in [3.05, 3.63) is 35.9 Å². The number of nitrogens with two attached hydrogens (primary N) is 1. The van der Waals surface area contributed by atoms with Crippen molar-refractivity contribution in [3.8, 4) is 0 Å². The van der Waals surface area contributed by atoms with Crippen LogP contribution in [0.1, 0.15) is 38.7 Å². The molecule has 0 spiro atoms. The molecule has 2 rings (SSSR count). The summed E-state index contributed by atoms with van der Waals surface area (Å²) in [6, 6.07) is 5.69. The van der Waals surface area contributed by atoms with Crippen LogP contribution in [0.3, 0.4) is 0 Å². The third kappa shape index (κ3) is 9.29. The zero-order valence-corrected chi connectivity index (χ0v) is 21.6. The zero-order valence-electron chi connectivity index (χ0n) is 21.6. The highest BCUT2D eigenvalue weighted by Gasteiger charge is 2.43. The van der Waals surface area contributed by atoms with Gasteiger partial charge in [0.05, 0.1) is 12.1 Å². The van der Waals surface area contributed by atoms with E-state index in [0.29, 0.717) is 6.42 Å². The topological polar surface area (TPSA) is 187 Å². The number of hydrogen-bond acceptors (Lipinski definition) is 7. The predicted molar refractivity (Wildman–Crippen MR) is 137 cm³/mol. The molecule has 1 heterocycles. The number of alkyl carbamates (subject to hydrolysis) is 1. The van der Waals surface area contributed by atoms with Gasteiger partial charge in [-0.3, -0.25) is 19.8 Å². The molecule has 3 amide bonds. The van der Waals surface area contributed by atoms with Gasteiger partial charge in [0.15, 0.2) is 11.7 Å². The average molecular weight is 537 g/mol. The summed E-state index contributed by atoms with van der Waals surface area (Å²) >= 11 is 0. The molecular weight excluding hydrogens is 499 g/mol. The van der Waals surface area contributed by atoms with E-state index in [-0.39, 0.29) is 44.4 Å². The maximum atomic E-state index is 13.4. The normalized spacial score (nSPS) is 18.4. The Balaban J connectivity index is 2.05. The molecule has 0 aromatic heterocycles. The van der Waals surface area contributed by atoms with Crippen molar-refractivity contribution in [1.82, 2.24) is 20.9 Å². The lowest BCUT2D eigenvalue weighted by atomic mass is 10.0. The van der Waals surface area contributed by atoms with Gasteiger partial charge in [0.25, 0.3) is 0 Å². The van der Waals surface area contributed by atoms with E-state index in [1.807, 2.05) is 6.07 Å². The van der Waals surface area contributed by atoms with Crippen LogP contribution in [0.25, 0.3) is 0 Å². The number of ether oxygens (including phenoxy) is 1. The van der Waals surface area contributed by atoms with E-state index in [0.717, 1.165) is 10.5 Å². The lowest BCUT2D eigenvalue weighted by Gasteiger charge is -2.30. The van der Waals surface area contributed by atoms with E-state index in [2.05, 4.69) is 16.0 Å². The first kappa shape index (κ1) is 30.5. The number of aliphatic hydroxyl groups excluding tert-OH is 1. The average Bonchev–Trinajstić information content (AvgIpc) is 3.28. The first-order valence-corrected chi connectivity index (χ1v) is 12.5. The first-order valence-electron chi connectivity index (χ1n) is 12.5. The van der Waals surface area contributed by atoms with Gasteiger partial charge in [-0.1, -0.05) is 44.2 Å². The number of ketones is 1. The van der Waals surface area contributed by atoms with E-state index in [9.17, 15) is 28.7 Å². The van der Waals surface area contributed by atoms with Gasteiger partial charge in [0, 0.05) is 19.5 Å². The molecule has 0 bridgehead atoms. The summed E-state index contributed by atoms with van der Waals surface area (Å²) in [5, 5.41) is 25.0. The Labute approximate surface area is 221 Å². The quantitative estimate of drug-likeness (QED) is 0.117. The number of likely N-dealkylation sites (tertiary alicyclic amines) is 1. The smallest absolute Gasteiger partial charge is 0.408 e. The molecule has 1 saturated heterocycles. The van der Waals surface area contributed by atoms with Crippen molar-refractivity contribution >= 4 is 29.7 Å². The maximum Gasteiger partial charge on any atom is 0.408 e. The number of guanidine groups is 1. The largest absolute Gasteiger partial charge is 0.445 e. The lowest BCUT2D eigenvalue weighted by molar-refractivity contribution is -0.141. The van der Waals surface area contributed by atoms with Crippen molar-refractivity contribution in [2.24, 2.45) is 11.7 Å². The molecule has 13 heteroatoms. The second-order valence-corrected chi connectivity index (χ2v) is 9.47. The summed E-state index contributed by atoms with van der Waals surface area (Å²) in [6.07, 6.45) is -1.49. The van der Waals surface area contributed by atoms with Crippen molar-refractivity contribution in [2.45, 2.75) is 63.9 Å². The molecule has 1 aliphatic heterocycles. The maximum absolute atomic E-state index is 13.4. The highest BCUT2D eigenvalue weighted by Crippen LogP contribution is 2.22. The molecule has 0 aliphatic carbocycles. The van der Waals surface area contributed by atoms with Crippen LogP contribution >= 0.6 is 0 Å². The fourth-order valence-electron chi connectivity index (χ4n) is 4.09. The molecule has 1 aromatic rings. The molecule has 1 fully saturated rings. The van der Waals surface area contributed by atoms with Gasteiger partial charge in [-0.15, -0.1) is 0 Å². The molecule has 12 nitrogen and oxygen atoms in total. The minimum absolute atomic E-state index is 0.00502. The second-order valence-electron chi connectivity index (χ2n) is 9.47. The molecule has 38 heavy (non-hydrogen) atoms. The standard InChI is InChI=1S/C25H37FN6O6/c1-15(2)21(31-25(37)38-14-16-7-4-3-5-8-16)23(36)32-13-17(33)11-19(32)22(35)30-18(20(34)12-26)9-6-10-29-24(27)28/h3-5,7-8,15,17-19,21,33H,6,9-14H2,1-2H3,(H,30,35)(H,31,37)(H4,27,28,29)/t17-,18+,19+,21+/m1/s1. The highest BCUT2D eigenvalue weighted by atomic mass is 19.1. The summed E-state index contributed by atoms with van der Waals surface area (Å²) < 4.78 is 18.4. The Morgan fingerprint density at radius 1 is 1.21 bits per heavy atom. The predicted octanol–water partition coefficient (Wildman–Crippen LogP) is 0.186. The highest BCUT2D eigenvalue weighted by molar-refractivity contribution is 5.95. The van der Waals surface area contributed by atoms with Crippen LogP contribution in [0.4, 0.5) is 9.18 Å². The number of rotatable bonds is 13. The van der Waals surface area contributed by atoms with Crippen molar-refractivity contribution < 1.29 is 33.4 Å². The van der Waals surface area contributed by atoms with Crippen LogP contribution in [0.2, 0.25) is 0 Å². The number of aliphatic hydroxyl groups is 1. The molecular formula is C25H37FN6O6. The number of hydrogen-bond donors (Lipinski definition) is 6. The fourth-order valence-corrected chi connectivity index (χ4v) is 4.09. The van der Waals surface area contributed by atoms with Gasteiger partial charge >= 0.3 is 6.09 Å². The monoisotopic (exact) mass is 536 g/mol. The summed E-state index contributed by atoms with van der Waals surface area (Å²) in [7, 11) is 0. The Hall–Kier alpha value is -3.74. The van der Waals surface area contributed by atoms with Gasteiger partial charge < -0.3 is 36.4 Å². The number of benzene rings is 1. The Kier molecular flexibility index (Phi) is 11.9. The number of halogens is 1. The van der Waals surface area contributed by atoms with Crippen molar-refractivity contribution in [2.75, 3.05) is 19.8 Å². The van der Waals surface area contributed by atoms with Crippen LogP contribution in [-0.2, 0) is 25.7 Å². The zero-order chi connectivity index (χ0) is 28.2. The summed E-state index contributed by atoms with van der Waals surface area (Å²) in [4.78, 5) is 52.2. The van der Waals surface area contributed by atoms with Gasteiger partial charge in [-0.25, -0.2) is 9.18 Å². The van der Waals surface area contributed by atoms with Gasteiger partial charge in [0.1, 0.15) is 25.4 Å².